The highest BCUT2D eigenvalue weighted by Crippen LogP contribution is 2.37. The van der Waals surface area contributed by atoms with E-state index in [0.717, 1.165) is 31.8 Å². The van der Waals surface area contributed by atoms with Gasteiger partial charge in [0, 0.05) is 26.0 Å². The minimum atomic E-state index is 0.651. The molecular formula is C32H25Br2NO. The van der Waals surface area contributed by atoms with Crippen LogP contribution in [0.4, 0.5) is 17.1 Å². The topological polar surface area (TPSA) is 12.5 Å². The van der Waals surface area contributed by atoms with Gasteiger partial charge in [0.2, 0.25) is 0 Å². The largest absolute Gasteiger partial charge is 0.494 e. The van der Waals surface area contributed by atoms with Gasteiger partial charge in [-0.25, -0.2) is 0 Å². The lowest BCUT2D eigenvalue weighted by atomic mass is 10.0. The smallest absolute Gasteiger partial charge is 0.119 e. The number of benzene rings is 5. The Morgan fingerprint density at radius 2 is 0.778 bits per heavy atom. The Bertz CT molecular complexity index is 1320. The number of ether oxygens (including phenoxy) is 1. The molecule has 36 heavy (non-hydrogen) atoms. The second-order valence-corrected chi connectivity index (χ2v) is 10.2. The van der Waals surface area contributed by atoms with Gasteiger partial charge in [0.1, 0.15) is 5.75 Å². The van der Waals surface area contributed by atoms with E-state index in [-0.39, 0.29) is 0 Å². The Hall–Kier alpha value is -3.34. The van der Waals surface area contributed by atoms with Crippen LogP contribution in [0.3, 0.4) is 0 Å². The molecular weight excluding hydrogens is 574 g/mol. The second kappa shape index (κ2) is 11.2. The van der Waals surface area contributed by atoms with Crippen LogP contribution in [-0.2, 0) is 0 Å². The Kier molecular flexibility index (Phi) is 7.55. The van der Waals surface area contributed by atoms with Crippen LogP contribution < -0.4 is 9.64 Å². The minimum Gasteiger partial charge on any atom is -0.494 e. The van der Waals surface area contributed by atoms with Crippen LogP contribution in [-0.4, -0.2) is 6.61 Å². The van der Waals surface area contributed by atoms with Crippen molar-refractivity contribution < 1.29 is 4.74 Å². The molecule has 0 aromatic heterocycles. The zero-order valence-electron chi connectivity index (χ0n) is 19.9. The molecule has 0 saturated carbocycles. The molecule has 4 heteroatoms. The van der Waals surface area contributed by atoms with Crippen molar-refractivity contribution in [3.8, 4) is 28.0 Å². The Morgan fingerprint density at radius 1 is 0.472 bits per heavy atom. The summed E-state index contributed by atoms with van der Waals surface area (Å²) in [7, 11) is 0. The van der Waals surface area contributed by atoms with Gasteiger partial charge in [0.15, 0.2) is 0 Å². The minimum absolute atomic E-state index is 0.651. The predicted molar refractivity (Wildman–Crippen MR) is 159 cm³/mol. The van der Waals surface area contributed by atoms with Crippen LogP contribution >= 0.6 is 31.9 Å². The van der Waals surface area contributed by atoms with E-state index in [1.54, 1.807) is 0 Å². The number of halogens is 2. The van der Waals surface area contributed by atoms with E-state index in [1.165, 1.54) is 22.3 Å². The fourth-order valence-electron chi connectivity index (χ4n) is 4.20. The highest BCUT2D eigenvalue weighted by molar-refractivity contribution is 9.10. The summed E-state index contributed by atoms with van der Waals surface area (Å²) in [5.74, 6) is 0.873. The molecule has 0 bridgehead atoms. The first-order valence-corrected chi connectivity index (χ1v) is 13.4. The molecule has 0 unspecified atom stereocenters. The summed E-state index contributed by atoms with van der Waals surface area (Å²) >= 11 is 7.04. The van der Waals surface area contributed by atoms with Crippen LogP contribution in [0.1, 0.15) is 6.92 Å². The van der Waals surface area contributed by atoms with Gasteiger partial charge in [-0.3, -0.25) is 0 Å². The first-order valence-electron chi connectivity index (χ1n) is 11.9. The van der Waals surface area contributed by atoms with Crippen molar-refractivity contribution in [1.82, 2.24) is 0 Å². The van der Waals surface area contributed by atoms with Crippen LogP contribution in [0.5, 0.6) is 5.75 Å². The summed E-state index contributed by atoms with van der Waals surface area (Å²) in [5, 5.41) is 0. The Morgan fingerprint density at radius 3 is 1.11 bits per heavy atom. The highest BCUT2D eigenvalue weighted by atomic mass is 79.9. The van der Waals surface area contributed by atoms with Gasteiger partial charge in [0.05, 0.1) is 6.61 Å². The molecule has 0 aliphatic heterocycles. The van der Waals surface area contributed by atoms with Gasteiger partial charge < -0.3 is 9.64 Å². The summed E-state index contributed by atoms with van der Waals surface area (Å²) in [5.41, 5.74) is 8.01. The molecule has 2 nitrogen and oxygen atoms in total. The zero-order valence-corrected chi connectivity index (χ0v) is 23.0. The van der Waals surface area contributed by atoms with Crippen molar-refractivity contribution in [1.29, 1.82) is 0 Å². The Labute approximate surface area is 229 Å². The fourth-order valence-corrected chi connectivity index (χ4v) is 4.72. The molecule has 5 rings (SSSR count). The van der Waals surface area contributed by atoms with E-state index in [9.17, 15) is 0 Å². The van der Waals surface area contributed by atoms with Crippen LogP contribution in [0.15, 0.2) is 130 Å². The normalized spacial score (nSPS) is 10.8. The van der Waals surface area contributed by atoms with Crippen molar-refractivity contribution >= 4 is 48.9 Å². The third-order valence-electron chi connectivity index (χ3n) is 6.01. The molecule has 0 atom stereocenters. The van der Waals surface area contributed by atoms with Gasteiger partial charge in [-0.2, -0.15) is 0 Å². The van der Waals surface area contributed by atoms with E-state index < -0.39 is 0 Å². The standard InChI is InChI=1S/C32H25Br2NO/c1-2-36-32-21-19-31(20-22-32)35(29-15-7-25(8-16-29)23-3-11-27(33)12-4-23)30-17-9-26(10-18-30)24-5-13-28(34)14-6-24/h3-22H,2H2,1H3. The summed E-state index contributed by atoms with van der Waals surface area (Å²) in [6.45, 7) is 2.65. The number of nitrogens with zero attached hydrogens (tertiary/aromatic N) is 1. The second-order valence-electron chi connectivity index (χ2n) is 8.37. The number of hydrogen-bond acceptors (Lipinski definition) is 2. The average molecular weight is 599 g/mol. The highest BCUT2D eigenvalue weighted by Gasteiger charge is 2.13. The third-order valence-corrected chi connectivity index (χ3v) is 7.07. The first kappa shape index (κ1) is 24.4. The molecule has 5 aromatic carbocycles. The maximum absolute atomic E-state index is 5.67. The molecule has 0 aliphatic carbocycles. The summed E-state index contributed by atoms with van der Waals surface area (Å²) in [4.78, 5) is 2.27. The monoisotopic (exact) mass is 597 g/mol. The van der Waals surface area contributed by atoms with E-state index >= 15 is 0 Å². The first-order chi connectivity index (χ1) is 17.6. The summed E-state index contributed by atoms with van der Waals surface area (Å²) in [6.07, 6.45) is 0. The van der Waals surface area contributed by atoms with Crippen molar-refractivity contribution in [2.75, 3.05) is 11.5 Å². The lowest BCUT2D eigenvalue weighted by Crippen LogP contribution is -2.09. The molecule has 5 aromatic rings. The van der Waals surface area contributed by atoms with E-state index in [4.69, 9.17) is 4.74 Å². The molecule has 178 valence electrons. The summed E-state index contributed by atoms with van der Waals surface area (Å²) < 4.78 is 7.83. The van der Waals surface area contributed by atoms with Crippen molar-refractivity contribution in [3.05, 3.63) is 130 Å². The van der Waals surface area contributed by atoms with Crippen LogP contribution in [0.25, 0.3) is 22.3 Å². The maximum Gasteiger partial charge on any atom is 0.119 e. The molecule has 0 radical (unpaired) electrons. The molecule has 0 heterocycles. The number of anilines is 3. The molecule has 0 aliphatic rings. The summed E-state index contributed by atoms with van der Waals surface area (Å²) in [6, 6.07) is 42.5. The zero-order chi connectivity index (χ0) is 24.9. The van der Waals surface area contributed by atoms with Crippen molar-refractivity contribution in [2.24, 2.45) is 0 Å². The number of hydrogen-bond donors (Lipinski definition) is 0. The van der Waals surface area contributed by atoms with E-state index in [2.05, 4.69) is 146 Å². The molecule has 0 amide bonds. The molecule has 0 fully saturated rings. The van der Waals surface area contributed by atoms with Gasteiger partial charge >= 0.3 is 0 Å². The molecule has 0 N–H and O–H groups in total. The molecule has 0 saturated heterocycles. The van der Waals surface area contributed by atoms with Gasteiger partial charge in [0.25, 0.3) is 0 Å². The third kappa shape index (κ3) is 5.56. The van der Waals surface area contributed by atoms with Gasteiger partial charge in [-0.15, -0.1) is 0 Å². The van der Waals surface area contributed by atoms with Crippen LogP contribution in [0.2, 0.25) is 0 Å². The SMILES string of the molecule is CCOc1ccc(N(c2ccc(-c3ccc(Br)cc3)cc2)c2ccc(-c3ccc(Br)cc3)cc2)cc1. The van der Waals surface area contributed by atoms with Crippen molar-refractivity contribution in [3.63, 3.8) is 0 Å². The Balaban J connectivity index is 1.51. The van der Waals surface area contributed by atoms with Crippen molar-refractivity contribution in [2.45, 2.75) is 6.92 Å². The maximum atomic E-state index is 5.67. The predicted octanol–water partition coefficient (Wildman–Crippen LogP) is 10.4. The lowest BCUT2D eigenvalue weighted by Gasteiger charge is -2.26. The van der Waals surface area contributed by atoms with Gasteiger partial charge in [-0.1, -0.05) is 80.4 Å². The molecule has 0 spiro atoms. The average Bonchev–Trinajstić information content (AvgIpc) is 2.92. The van der Waals surface area contributed by atoms with E-state index in [0.29, 0.717) is 6.61 Å². The number of rotatable bonds is 7. The lowest BCUT2D eigenvalue weighted by molar-refractivity contribution is 0.340. The fraction of sp³-hybridized carbons (Fsp3) is 0.0625. The van der Waals surface area contributed by atoms with E-state index in [1.807, 2.05) is 19.1 Å². The van der Waals surface area contributed by atoms with Crippen LogP contribution in [0, 0.1) is 0 Å². The quantitative estimate of drug-likeness (QED) is 0.185. The van der Waals surface area contributed by atoms with Gasteiger partial charge in [-0.05, 0) is 102 Å².